The fraction of sp³-hybridized carbons (Fsp3) is 0.615. The minimum Gasteiger partial charge on any atom is -0.409 e. The molecule has 0 radical (unpaired) electrons. The van der Waals surface area contributed by atoms with Gasteiger partial charge in [0.2, 0.25) is 0 Å². The first kappa shape index (κ1) is 15.8. The third-order valence-electron chi connectivity index (χ3n) is 2.99. The van der Waals surface area contributed by atoms with Crippen LogP contribution in [-0.4, -0.2) is 26.8 Å². The number of nitrogens with two attached hydrogens (primary N) is 1. The number of amidine groups is 1. The molecular weight excluding hydrogens is 260 g/mol. The Morgan fingerprint density at radius 1 is 1.37 bits per heavy atom. The Balaban J connectivity index is 2.23. The average Bonchev–Trinajstić information content (AvgIpc) is 2.39. The molecule has 19 heavy (non-hydrogen) atoms. The first-order valence-corrected chi connectivity index (χ1v) is 7.34. The molecule has 0 saturated heterocycles. The maximum absolute atomic E-state index is 8.69. The number of hydrogen-bond acceptors (Lipinski definition) is 5. The number of aryl methyl sites for hydroxylation is 1. The lowest BCUT2D eigenvalue weighted by Gasteiger charge is -2.22. The highest BCUT2D eigenvalue weighted by atomic mass is 32.2. The molecule has 0 saturated carbocycles. The van der Waals surface area contributed by atoms with Crippen LogP contribution < -0.4 is 5.73 Å². The third kappa shape index (κ3) is 5.46. The second-order valence-electron chi connectivity index (χ2n) is 5.22. The molecule has 0 spiro atoms. The Bertz CT molecular complexity index is 417. The summed E-state index contributed by atoms with van der Waals surface area (Å²) in [6, 6.07) is 0. The maximum atomic E-state index is 8.69. The number of rotatable bonds is 7. The minimum absolute atomic E-state index is 0.250. The summed E-state index contributed by atoms with van der Waals surface area (Å²) in [6.45, 7) is 5.94. The van der Waals surface area contributed by atoms with Crippen LogP contribution in [0.15, 0.2) is 22.7 Å². The molecule has 1 heterocycles. The number of oxime groups is 1. The van der Waals surface area contributed by atoms with Gasteiger partial charge in [-0.3, -0.25) is 0 Å². The van der Waals surface area contributed by atoms with Gasteiger partial charge in [-0.2, -0.15) is 0 Å². The Morgan fingerprint density at radius 2 is 2.00 bits per heavy atom. The molecule has 0 atom stereocenters. The summed E-state index contributed by atoms with van der Waals surface area (Å²) in [6.07, 6.45) is 6.65. The highest BCUT2D eigenvalue weighted by molar-refractivity contribution is 7.99. The van der Waals surface area contributed by atoms with Crippen molar-refractivity contribution in [2.45, 2.75) is 45.2 Å². The molecule has 0 amide bonds. The molecule has 1 aromatic heterocycles. The zero-order valence-corrected chi connectivity index (χ0v) is 12.6. The summed E-state index contributed by atoms with van der Waals surface area (Å²) in [7, 11) is 0. The molecule has 0 fully saturated rings. The van der Waals surface area contributed by atoms with Crippen LogP contribution in [0.25, 0.3) is 0 Å². The van der Waals surface area contributed by atoms with Gasteiger partial charge in [-0.05, 0) is 25.3 Å². The standard InChI is InChI=1S/C13H22N4OS/c1-10-8-15-12(16-9-10)19-7-5-4-6-13(2,3)11(14)17-18/h8-9,18H,4-7H2,1-3H3,(H2,14,17). The van der Waals surface area contributed by atoms with Crippen LogP contribution in [0.2, 0.25) is 0 Å². The predicted molar refractivity (Wildman–Crippen MR) is 78.5 cm³/mol. The van der Waals surface area contributed by atoms with E-state index in [-0.39, 0.29) is 5.41 Å². The lowest BCUT2D eigenvalue weighted by Crippen LogP contribution is -2.31. The van der Waals surface area contributed by atoms with Crippen LogP contribution in [0.5, 0.6) is 0 Å². The van der Waals surface area contributed by atoms with Gasteiger partial charge in [0.1, 0.15) is 5.84 Å². The van der Waals surface area contributed by atoms with E-state index in [1.54, 1.807) is 11.8 Å². The number of hydrogen-bond donors (Lipinski definition) is 2. The van der Waals surface area contributed by atoms with Crippen LogP contribution >= 0.6 is 11.8 Å². The summed E-state index contributed by atoms with van der Waals surface area (Å²) >= 11 is 1.66. The predicted octanol–water partition coefficient (Wildman–Crippen LogP) is 2.82. The molecule has 106 valence electrons. The Morgan fingerprint density at radius 3 is 2.58 bits per heavy atom. The fourth-order valence-electron chi connectivity index (χ4n) is 1.55. The molecule has 0 aliphatic rings. The molecule has 1 rings (SSSR count). The molecule has 1 aromatic rings. The molecule has 5 nitrogen and oxygen atoms in total. The zero-order valence-electron chi connectivity index (χ0n) is 11.8. The van der Waals surface area contributed by atoms with E-state index in [0.29, 0.717) is 5.84 Å². The minimum atomic E-state index is -0.250. The van der Waals surface area contributed by atoms with Crippen molar-refractivity contribution < 1.29 is 5.21 Å². The second kappa shape index (κ2) is 7.33. The van der Waals surface area contributed by atoms with Gasteiger partial charge in [-0.1, -0.05) is 37.2 Å². The van der Waals surface area contributed by atoms with Crippen LogP contribution in [-0.2, 0) is 0 Å². The van der Waals surface area contributed by atoms with Gasteiger partial charge in [-0.25, -0.2) is 9.97 Å². The van der Waals surface area contributed by atoms with E-state index in [4.69, 9.17) is 10.9 Å². The van der Waals surface area contributed by atoms with E-state index < -0.39 is 0 Å². The van der Waals surface area contributed by atoms with E-state index in [1.165, 1.54) is 0 Å². The SMILES string of the molecule is Cc1cnc(SCCCCC(C)(C)C(N)=NO)nc1. The lowest BCUT2D eigenvalue weighted by atomic mass is 9.86. The molecule has 0 aliphatic carbocycles. The summed E-state index contributed by atoms with van der Waals surface area (Å²) < 4.78 is 0. The van der Waals surface area contributed by atoms with Crippen LogP contribution in [0, 0.1) is 12.3 Å². The van der Waals surface area contributed by atoms with Crippen molar-refractivity contribution in [3.8, 4) is 0 Å². The van der Waals surface area contributed by atoms with Crippen molar-refractivity contribution in [1.29, 1.82) is 0 Å². The van der Waals surface area contributed by atoms with Gasteiger partial charge in [0.05, 0.1) is 0 Å². The largest absolute Gasteiger partial charge is 0.409 e. The average molecular weight is 282 g/mol. The normalized spacial score (nSPS) is 12.7. The Hall–Kier alpha value is -1.30. The van der Waals surface area contributed by atoms with Gasteiger partial charge in [0.15, 0.2) is 5.16 Å². The smallest absolute Gasteiger partial charge is 0.187 e. The Labute approximate surface area is 118 Å². The number of unbranched alkanes of at least 4 members (excludes halogenated alkanes) is 1. The van der Waals surface area contributed by atoms with E-state index in [9.17, 15) is 0 Å². The second-order valence-corrected chi connectivity index (χ2v) is 6.28. The van der Waals surface area contributed by atoms with Crippen LogP contribution in [0.1, 0.15) is 38.7 Å². The first-order chi connectivity index (χ1) is 8.95. The van der Waals surface area contributed by atoms with Crippen molar-refractivity contribution in [3.05, 3.63) is 18.0 Å². The highest BCUT2D eigenvalue weighted by Crippen LogP contribution is 2.24. The van der Waals surface area contributed by atoms with Gasteiger partial charge in [0.25, 0.3) is 0 Å². The van der Waals surface area contributed by atoms with Gasteiger partial charge < -0.3 is 10.9 Å². The number of nitrogens with zero attached hydrogens (tertiary/aromatic N) is 3. The van der Waals surface area contributed by atoms with E-state index in [0.717, 1.165) is 35.7 Å². The summed E-state index contributed by atoms with van der Waals surface area (Å²) in [5, 5.41) is 12.6. The molecule has 0 aromatic carbocycles. The van der Waals surface area contributed by atoms with E-state index in [1.807, 2.05) is 33.2 Å². The summed E-state index contributed by atoms with van der Waals surface area (Å²) in [4.78, 5) is 8.49. The lowest BCUT2D eigenvalue weighted by molar-refractivity contribution is 0.304. The van der Waals surface area contributed by atoms with Gasteiger partial charge in [-0.15, -0.1) is 0 Å². The van der Waals surface area contributed by atoms with Crippen molar-refractivity contribution in [3.63, 3.8) is 0 Å². The van der Waals surface area contributed by atoms with Crippen molar-refractivity contribution in [1.82, 2.24) is 9.97 Å². The Kier molecular flexibility index (Phi) is 6.08. The quantitative estimate of drug-likeness (QED) is 0.153. The van der Waals surface area contributed by atoms with Gasteiger partial charge >= 0.3 is 0 Å². The highest BCUT2D eigenvalue weighted by Gasteiger charge is 2.22. The fourth-order valence-corrected chi connectivity index (χ4v) is 2.34. The first-order valence-electron chi connectivity index (χ1n) is 6.35. The van der Waals surface area contributed by atoms with Crippen molar-refractivity contribution in [2.24, 2.45) is 16.3 Å². The zero-order chi connectivity index (χ0) is 14.3. The molecule has 0 unspecified atom stereocenters. The van der Waals surface area contributed by atoms with Crippen molar-refractivity contribution in [2.75, 3.05) is 5.75 Å². The van der Waals surface area contributed by atoms with Crippen molar-refractivity contribution >= 4 is 17.6 Å². The third-order valence-corrected chi connectivity index (χ3v) is 3.95. The van der Waals surface area contributed by atoms with E-state index in [2.05, 4.69) is 15.1 Å². The van der Waals surface area contributed by atoms with E-state index >= 15 is 0 Å². The summed E-state index contributed by atoms with van der Waals surface area (Å²) in [5.74, 6) is 1.27. The molecule has 0 aliphatic heterocycles. The van der Waals surface area contributed by atoms with Gasteiger partial charge in [0, 0.05) is 23.6 Å². The molecule has 0 bridgehead atoms. The number of thioether (sulfide) groups is 1. The van der Waals surface area contributed by atoms with Crippen LogP contribution in [0.3, 0.4) is 0 Å². The summed E-state index contributed by atoms with van der Waals surface area (Å²) in [5.41, 5.74) is 6.47. The molecular formula is C13H22N4OS. The number of aromatic nitrogens is 2. The monoisotopic (exact) mass is 282 g/mol. The molecule has 3 N–H and O–H groups in total. The topological polar surface area (TPSA) is 84.4 Å². The maximum Gasteiger partial charge on any atom is 0.187 e. The van der Waals surface area contributed by atoms with Crippen LogP contribution in [0.4, 0.5) is 0 Å². The molecule has 6 heteroatoms.